The Balaban J connectivity index is 1.32. The zero-order chi connectivity index (χ0) is 18.5. The summed E-state index contributed by atoms with van der Waals surface area (Å²) in [6.07, 6.45) is 7.47. The first-order valence-electron chi connectivity index (χ1n) is 8.92. The molecule has 2 amide bonds. The third-order valence-corrected chi connectivity index (χ3v) is 5.40. The number of nitrogens with zero attached hydrogens (tertiary/aromatic N) is 5. The lowest BCUT2D eigenvalue weighted by Crippen LogP contribution is -2.45. The van der Waals surface area contributed by atoms with Gasteiger partial charge in [-0.1, -0.05) is 11.2 Å². The van der Waals surface area contributed by atoms with Crippen LogP contribution in [0.3, 0.4) is 0 Å². The summed E-state index contributed by atoms with van der Waals surface area (Å²) in [6.45, 7) is 2.05. The second-order valence-electron chi connectivity index (χ2n) is 6.50. The number of hydrogen-bond acceptors (Lipinski definition) is 7. The molecule has 1 fully saturated rings. The molecule has 9 heteroatoms. The maximum Gasteiger partial charge on any atom is 0.317 e. The van der Waals surface area contributed by atoms with Gasteiger partial charge in [0.1, 0.15) is 5.69 Å². The fourth-order valence-corrected chi connectivity index (χ4v) is 3.85. The summed E-state index contributed by atoms with van der Waals surface area (Å²) in [5.41, 5.74) is 0.589. The minimum absolute atomic E-state index is 0.0149. The fraction of sp³-hybridized carbons (Fsp3) is 0.389. The molecule has 140 valence electrons. The molecule has 1 N–H and O–H groups in total. The van der Waals surface area contributed by atoms with E-state index in [1.807, 2.05) is 22.4 Å². The minimum atomic E-state index is -0.0149. The van der Waals surface area contributed by atoms with Gasteiger partial charge in [-0.25, -0.2) is 9.78 Å². The molecule has 4 heterocycles. The van der Waals surface area contributed by atoms with Crippen LogP contribution < -0.4 is 5.32 Å². The van der Waals surface area contributed by atoms with Crippen molar-refractivity contribution in [3.05, 3.63) is 46.9 Å². The molecule has 8 nitrogen and oxygen atoms in total. The second kappa shape index (κ2) is 8.26. The smallest absolute Gasteiger partial charge is 0.317 e. The van der Waals surface area contributed by atoms with Crippen LogP contribution in [0.2, 0.25) is 0 Å². The predicted octanol–water partition coefficient (Wildman–Crippen LogP) is 2.75. The van der Waals surface area contributed by atoms with Gasteiger partial charge in [0.2, 0.25) is 11.7 Å². The van der Waals surface area contributed by atoms with Crippen LogP contribution in [0.4, 0.5) is 4.79 Å². The summed E-state index contributed by atoms with van der Waals surface area (Å²) in [4.78, 5) is 28.1. The molecular formula is C18H20N6O2S. The van der Waals surface area contributed by atoms with Gasteiger partial charge >= 0.3 is 6.03 Å². The number of hydrogen-bond donors (Lipinski definition) is 1. The van der Waals surface area contributed by atoms with Gasteiger partial charge < -0.3 is 14.7 Å². The third kappa shape index (κ3) is 4.48. The zero-order valence-electron chi connectivity index (χ0n) is 14.7. The lowest BCUT2D eigenvalue weighted by atomic mass is 9.95. The molecule has 4 rings (SSSR count). The van der Waals surface area contributed by atoms with Gasteiger partial charge in [-0.05, 0) is 30.2 Å². The summed E-state index contributed by atoms with van der Waals surface area (Å²) in [6, 6.07) is 4.00. The Labute approximate surface area is 160 Å². The number of thiophene rings is 1. The molecule has 3 aromatic rings. The molecular weight excluding hydrogens is 364 g/mol. The van der Waals surface area contributed by atoms with Gasteiger partial charge in [-0.15, -0.1) is 11.3 Å². The van der Waals surface area contributed by atoms with E-state index in [2.05, 4.69) is 25.4 Å². The monoisotopic (exact) mass is 384 g/mol. The van der Waals surface area contributed by atoms with Crippen molar-refractivity contribution in [2.45, 2.75) is 25.8 Å². The fourth-order valence-electron chi connectivity index (χ4n) is 3.21. The molecule has 3 aromatic heterocycles. The van der Waals surface area contributed by atoms with E-state index < -0.39 is 0 Å². The molecule has 0 saturated carbocycles. The van der Waals surface area contributed by atoms with E-state index in [0.717, 1.165) is 24.3 Å². The standard InChI is InChI=1S/C18H20N6O2S/c25-18(21-10-14-4-2-8-27-14)24-7-1-3-13(12-24)9-16-22-17(23-26-16)15-11-19-5-6-20-15/h2,4-6,8,11,13H,1,3,7,9-10,12H2,(H,21,25)/t13-/m1/s1. The Morgan fingerprint density at radius 3 is 3.19 bits per heavy atom. The maximum atomic E-state index is 12.4. The summed E-state index contributed by atoms with van der Waals surface area (Å²) >= 11 is 1.64. The first-order chi connectivity index (χ1) is 13.3. The van der Waals surface area contributed by atoms with Crippen LogP contribution in [0, 0.1) is 5.92 Å². The van der Waals surface area contributed by atoms with Gasteiger partial charge in [-0.2, -0.15) is 4.98 Å². The number of carbonyl (C=O) groups excluding carboxylic acids is 1. The molecule has 27 heavy (non-hydrogen) atoms. The number of amides is 2. The highest BCUT2D eigenvalue weighted by Crippen LogP contribution is 2.21. The number of urea groups is 1. The van der Waals surface area contributed by atoms with Crippen molar-refractivity contribution in [2.75, 3.05) is 13.1 Å². The van der Waals surface area contributed by atoms with Crippen molar-refractivity contribution < 1.29 is 9.32 Å². The summed E-state index contributed by atoms with van der Waals surface area (Å²) in [5, 5.41) is 8.99. The normalized spacial score (nSPS) is 17.0. The highest BCUT2D eigenvalue weighted by molar-refractivity contribution is 7.09. The average Bonchev–Trinajstić information content (AvgIpc) is 3.39. The Bertz CT molecular complexity index is 867. The number of nitrogens with one attached hydrogen (secondary N) is 1. The first kappa shape index (κ1) is 17.6. The lowest BCUT2D eigenvalue weighted by Gasteiger charge is -2.32. The maximum absolute atomic E-state index is 12.4. The van der Waals surface area contributed by atoms with Gasteiger partial charge in [0.15, 0.2) is 0 Å². The molecule has 1 atom stereocenters. The number of piperidine rings is 1. The van der Waals surface area contributed by atoms with E-state index >= 15 is 0 Å². The molecule has 1 saturated heterocycles. The third-order valence-electron chi connectivity index (χ3n) is 4.52. The summed E-state index contributed by atoms with van der Waals surface area (Å²) in [7, 11) is 0. The minimum Gasteiger partial charge on any atom is -0.339 e. The molecule has 1 aliphatic heterocycles. The highest BCUT2D eigenvalue weighted by atomic mass is 32.1. The number of rotatable bonds is 5. The van der Waals surface area contributed by atoms with Crippen molar-refractivity contribution in [3.63, 3.8) is 0 Å². The van der Waals surface area contributed by atoms with Crippen molar-refractivity contribution in [1.82, 2.24) is 30.3 Å². The van der Waals surface area contributed by atoms with Crippen molar-refractivity contribution in [1.29, 1.82) is 0 Å². The molecule has 0 bridgehead atoms. The van der Waals surface area contributed by atoms with E-state index in [-0.39, 0.29) is 6.03 Å². The van der Waals surface area contributed by atoms with E-state index in [9.17, 15) is 4.79 Å². The largest absolute Gasteiger partial charge is 0.339 e. The Morgan fingerprint density at radius 1 is 1.41 bits per heavy atom. The van der Waals surface area contributed by atoms with Crippen molar-refractivity contribution in [3.8, 4) is 11.5 Å². The first-order valence-corrected chi connectivity index (χ1v) is 9.80. The van der Waals surface area contributed by atoms with Gasteiger partial charge in [0.25, 0.3) is 0 Å². The predicted molar refractivity (Wildman–Crippen MR) is 99.9 cm³/mol. The molecule has 0 aliphatic carbocycles. The van der Waals surface area contributed by atoms with Crippen LogP contribution in [0.25, 0.3) is 11.5 Å². The molecule has 0 aromatic carbocycles. The topological polar surface area (TPSA) is 97.0 Å². The number of carbonyl (C=O) groups is 1. The van der Waals surface area contributed by atoms with Crippen LogP contribution in [-0.2, 0) is 13.0 Å². The highest BCUT2D eigenvalue weighted by Gasteiger charge is 2.25. The molecule has 0 spiro atoms. The Hall–Kier alpha value is -2.81. The van der Waals surface area contributed by atoms with Gasteiger partial charge in [-0.3, -0.25) is 4.98 Å². The van der Waals surface area contributed by atoms with Crippen LogP contribution >= 0.6 is 11.3 Å². The lowest BCUT2D eigenvalue weighted by molar-refractivity contribution is 0.161. The molecule has 0 unspecified atom stereocenters. The summed E-state index contributed by atoms with van der Waals surface area (Å²) < 4.78 is 5.37. The van der Waals surface area contributed by atoms with E-state index in [1.54, 1.807) is 29.9 Å². The number of aromatic nitrogens is 4. The van der Waals surface area contributed by atoms with Crippen LogP contribution in [0.15, 0.2) is 40.6 Å². The summed E-state index contributed by atoms with van der Waals surface area (Å²) in [5.74, 6) is 1.32. The Kier molecular flexibility index (Phi) is 5.38. The van der Waals surface area contributed by atoms with E-state index in [4.69, 9.17) is 4.52 Å². The van der Waals surface area contributed by atoms with Crippen LogP contribution in [0.1, 0.15) is 23.6 Å². The van der Waals surface area contributed by atoms with Crippen molar-refractivity contribution >= 4 is 17.4 Å². The molecule has 1 aliphatic rings. The Morgan fingerprint density at radius 2 is 2.37 bits per heavy atom. The van der Waals surface area contributed by atoms with E-state index in [0.29, 0.717) is 42.8 Å². The van der Waals surface area contributed by atoms with Gasteiger partial charge in [0, 0.05) is 36.8 Å². The average molecular weight is 384 g/mol. The van der Waals surface area contributed by atoms with Crippen LogP contribution in [-0.4, -0.2) is 44.1 Å². The SMILES string of the molecule is O=C(NCc1cccs1)N1CCC[C@H](Cc2nc(-c3cnccn3)no2)C1. The zero-order valence-corrected chi connectivity index (χ0v) is 15.6. The quantitative estimate of drug-likeness (QED) is 0.726. The van der Waals surface area contributed by atoms with Gasteiger partial charge in [0.05, 0.1) is 12.7 Å². The van der Waals surface area contributed by atoms with Crippen molar-refractivity contribution in [2.24, 2.45) is 5.92 Å². The van der Waals surface area contributed by atoms with Crippen LogP contribution in [0.5, 0.6) is 0 Å². The second-order valence-corrected chi connectivity index (χ2v) is 7.53. The number of likely N-dealkylation sites (tertiary alicyclic amines) is 1. The van der Waals surface area contributed by atoms with E-state index in [1.165, 1.54) is 0 Å². The molecule has 0 radical (unpaired) electrons.